The van der Waals surface area contributed by atoms with Crippen LogP contribution in [-0.2, 0) is 4.79 Å². The molecule has 0 bridgehead atoms. The van der Waals surface area contributed by atoms with Gasteiger partial charge in [0.2, 0.25) is 5.91 Å². The quantitative estimate of drug-likeness (QED) is 0.743. The Morgan fingerprint density at radius 3 is 2.55 bits per heavy atom. The number of urea groups is 1. The Morgan fingerprint density at radius 1 is 1.40 bits per heavy atom. The number of anilines is 1. The van der Waals surface area contributed by atoms with E-state index >= 15 is 0 Å². The van der Waals surface area contributed by atoms with Crippen molar-refractivity contribution < 1.29 is 23.9 Å². The molecule has 108 valence electrons. The van der Waals surface area contributed by atoms with Crippen molar-refractivity contribution in [2.24, 2.45) is 5.73 Å². The van der Waals surface area contributed by atoms with Crippen LogP contribution >= 0.6 is 0 Å². The van der Waals surface area contributed by atoms with E-state index in [1.54, 1.807) is 6.92 Å². The van der Waals surface area contributed by atoms with Crippen molar-refractivity contribution in [3.05, 3.63) is 29.6 Å². The fourth-order valence-corrected chi connectivity index (χ4v) is 1.52. The van der Waals surface area contributed by atoms with Crippen molar-refractivity contribution >= 4 is 23.6 Å². The van der Waals surface area contributed by atoms with E-state index < -0.39 is 23.7 Å². The van der Waals surface area contributed by atoms with Crippen LogP contribution in [0.4, 0.5) is 14.9 Å². The summed E-state index contributed by atoms with van der Waals surface area (Å²) in [5, 5.41) is 11.2. The third kappa shape index (κ3) is 3.94. The third-order valence-electron chi connectivity index (χ3n) is 2.47. The molecular formula is C12H14FN3O4. The Labute approximate surface area is 114 Å². The molecular weight excluding hydrogens is 269 g/mol. The van der Waals surface area contributed by atoms with Crippen molar-refractivity contribution in [3.8, 4) is 0 Å². The zero-order valence-corrected chi connectivity index (χ0v) is 10.7. The molecule has 1 aromatic carbocycles. The van der Waals surface area contributed by atoms with Crippen LogP contribution in [0.2, 0.25) is 0 Å². The standard InChI is InChI=1S/C12H14FN3O4/c1-2-16(6-10(14)17)12(20)15-9-5-7(13)3-4-8(9)11(18)19/h3-5H,2,6H2,1H3,(H2,14,17)(H,15,20)(H,18,19). The van der Waals surface area contributed by atoms with E-state index in [1.807, 2.05) is 0 Å². The van der Waals surface area contributed by atoms with Crippen LogP contribution in [0.3, 0.4) is 0 Å². The van der Waals surface area contributed by atoms with E-state index in [4.69, 9.17) is 10.8 Å². The van der Waals surface area contributed by atoms with Crippen LogP contribution < -0.4 is 11.1 Å². The van der Waals surface area contributed by atoms with Crippen molar-refractivity contribution in [1.82, 2.24) is 4.90 Å². The number of aromatic carboxylic acids is 1. The summed E-state index contributed by atoms with van der Waals surface area (Å²) in [6, 6.07) is 2.16. The van der Waals surface area contributed by atoms with E-state index in [1.165, 1.54) is 0 Å². The highest BCUT2D eigenvalue weighted by Crippen LogP contribution is 2.17. The fourth-order valence-electron chi connectivity index (χ4n) is 1.52. The minimum absolute atomic E-state index is 0.187. The molecule has 0 aliphatic carbocycles. The first-order valence-corrected chi connectivity index (χ1v) is 5.72. The molecule has 0 aromatic heterocycles. The van der Waals surface area contributed by atoms with Crippen LogP contribution in [0.15, 0.2) is 18.2 Å². The van der Waals surface area contributed by atoms with Crippen molar-refractivity contribution in [3.63, 3.8) is 0 Å². The number of likely N-dealkylation sites (N-methyl/N-ethyl adjacent to an activating group) is 1. The van der Waals surface area contributed by atoms with E-state index in [-0.39, 0.29) is 24.3 Å². The van der Waals surface area contributed by atoms with E-state index in [0.717, 1.165) is 23.1 Å². The van der Waals surface area contributed by atoms with Gasteiger partial charge < -0.3 is 21.1 Å². The number of amides is 3. The normalized spacial score (nSPS) is 9.90. The summed E-state index contributed by atoms with van der Waals surface area (Å²) < 4.78 is 13.1. The van der Waals surface area contributed by atoms with Crippen LogP contribution in [0, 0.1) is 5.82 Å². The highest BCUT2D eigenvalue weighted by molar-refractivity contribution is 6.00. The predicted octanol–water partition coefficient (Wildman–Crippen LogP) is 0.863. The minimum atomic E-state index is -1.31. The van der Waals surface area contributed by atoms with Gasteiger partial charge in [0.1, 0.15) is 12.4 Å². The average molecular weight is 283 g/mol. The molecule has 0 saturated carbocycles. The van der Waals surface area contributed by atoms with Gasteiger partial charge in [-0.15, -0.1) is 0 Å². The molecule has 1 rings (SSSR count). The number of hydrogen-bond donors (Lipinski definition) is 3. The van der Waals surface area contributed by atoms with E-state index in [0.29, 0.717) is 0 Å². The monoisotopic (exact) mass is 283 g/mol. The second-order valence-corrected chi connectivity index (χ2v) is 3.91. The maximum atomic E-state index is 13.1. The first-order chi connectivity index (χ1) is 9.35. The van der Waals surface area contributed by atoms with Crippen LogP contribution in [0.25, 0.3) is 0 Å². The van der Waals surface area contributed by atoms with Gasteiger partial charge in [-0.05, 0) is 25.1 Å². The predicted molar refractivity (Wildman–Crippen MR) is 68.8 cm³/mol. The summed E-state index contributed by atoms with van der Waals surface area (Å²) in [6.07, 6.45) is 0. The Morgan fingerprint density at radius 2 is 2.05 bits per heavy atom. The SMILES string of the molecule is CCN(CC(N)=O)C(=O)Nc1cc(F)ccc1C(=O)O. The Hall–Kier alpha value is -2.64. The molecule has 20 heavy (non-hydrogen) atoms. The highest BCUT2D eigenvalue weighted by atomic mass is 19.1. The number of primary amides is 1. The second kappa shape index (κ2) is 6.50. The number of nitrogens with two attached hydrogens (primary N) is 1. The summed E-state index contributed by atoms with van der Waals surface area (Å²) in [5.41, 5.74) is 4.54. The minimum Gasteiger partial charge on any atom is -0.478 e. The molecule has 4 N–H and O–H groups in total. The number of rotatable bonds is 5. The molecule has 0 atom stereocenters. The van der Waals surface area contributed by atoms with Gasteiger partial charge in [0, 0.05) is 6.54 Å². The average Bonchev–Trinajstić information content (AvgIpc) is 2.35. The molecule has 0 unspecified atom stereocenters. The maximum Gasteiger partial charge on any atom is 0.337 e. The van der Waals surface area contributed by atoms with Gasteiger partial charge in [0.05, 0.1) is 11.3 Å². The van der Waals surface area contributed by atoms with Crippen molar-refractivity contribution in [2.45, 2.75) is 6.92 Å². The first-order valence-electron chi connectivity index (χ1n) is 5.72. The molecule has 0 saturated heterocycles. The van der Waals surface area contributed by atoms with Gasteiger partial charge in [0.25, 0.3) is 0 Å². The number of carboxylic acids is 1. The Balaban J connectivity index is 2.96. The second-order valence-electron chi connectivity index (χ2n) is 3.91. The number of hydrogen-bond acceptors (Lipinski definition) is 3. The van der Waals surface area contributed by atoms with Crippen molar-refractivity contribution in [2.75, 3.05) is 18.4 Å². The largest absolute Gasteiger partial charge is 0.478 e. The summed E-state index contributed by atoms with van der Waals surface area (Å²) in [7, 11) is 0. The van der Waals surface area contributed by atoms with E-state index in [9.17, 15) is 18.8 Å². The summed E-state index contributed by atoms with van der Waals surface area (Å²) in [4.78, 5) is 34.7. The first kappa shape index (κ1) is 15.4. The van der Waals surface area contributed by atoms with Gasteiger partial charge in [-0.2, -0.15) is 0 Å². The number of carbonyl (C=O) groups is 3. The maximum absolute atomic E-state index is 13.1. The topological polar surface area (TPSA) is 113 Å². The Kier molecular flexibility index (Phi) is 5.01. The molecule has 0 radical (unpaired) electrons. The van der Waals surface area contributed by atoms with Crippen LogP contribution in [-0.4, -0.2) is 41.0 Å². The summed E-state index contributed by atoms with van der Waals surface area (Å²) >= 11 is 0. The van der Waals surface area contributed by atoms with Gasteiger partial charge in [-0.25, -0.2) is 14.0 Å². The fraction of sp³-hybridized carbons (Fsp3) is 0.250. The number of nitrogens with one attached hydrogen (secondary N) is 1. The molecule has 3 amide bonds. The molecule has 0 fully saturated rings. The zero-order chi connectivity index (χ0) is 15.3. The lowest BCUT2D eigenvalue weighted by Gasteiger charge is -2.20. The number of halogens is 1. The summed E-state index contributed by atoms with van der Waals surface area (Å²) in [6.45, 7) is 1.48. The van der Waals surface area contributed by atoms with E-state index in [2.05, 4.69) is 5.32 Å². The molecule has 1 aromatic rings. The van der Waals surface area contributed by atoms with Crippen molar-refractivity contribution in [1.29, 1.82) is 0 Å². The Bertz CT molecular complexity index is 548. The lowest BCUT2D eigenvalue weighted by Crippen LogP contribution is -2.41. The van der Waals surface area contributed by atoms with Gasteiger partial charge in [-0.3, -0.25) is 4.79 Å². The molecule has 7 nitrogen and oxygen atoms in total. The molecule has 0 heterocycles. The van der Waals surface area contributed by atoms with Gasteiger partial charge in [-0.1, -0.05) is 0 Å². The lowest BCUT2D eigenvalue weighted by atomic mass is 10.2. The highest BCUT2D eigenvalue weighted by Gasteiger charge is 2.18. The summed E-state index contributed by atoms with van der Waals surface area (Å²) in [5.74, 6) is -2.71. The number of nitrogens with zero attached hydrogens (tertiary/aromatic N) is 1. The smallest absolute Gasteiger partial charge is 0.337 e. The number of carboxylic acid groups (broad SMARTS) is 1. The molecule has 0 aliphatic rings. The van der Waals surface area contributed by atoms with Gasteiger partial charge >= 0.3 is 12.0 Å². The molecule has 0 spiro atoms. The number of carbonyl (C=O) groups excluding carboxylic acids is 2. The number of benzene rings is 1. The van der Waals surface area contributed by atoms with Crippen LogP contribution in [0.1, 0.15) is 17.3 Å². The lowest BCUT2D eigenvalue weighted by molar-refractivity contribution is -0.118. The zero-order valence-electron chi connectivity index (χ0n) is 10.7. The van der Waals surface area contributed by atoms with Gasteiger partial charge in [0.15, 0.2) is 0 Å². The van der Waals surface area contributed by atoms with Crippen LogP contribution in [0.5, 0.6) is 0 Å². The molecule has 8 heteroatoms. The third-order valence-corrected chi connectivity index (χ3v) is 2.47. The molecule has 0 aliphatic heterocycles.